The summed E-state index contributed by atoms with van der Waals surface area (Å²) in [7, 11) is 0. The van der Waals surface area contributed by atoms with Crippen LogP contribution in [0.1, 0.15) is 18.9 Å². The number of aliphatic hydroxyl groups is 1. The monoisotopic (exact) mass is 226 g/mol. The van der Waals surface area contributed by atoms with Gasteiger partial charge in [0.25, 0.3) is 0 Å². The van der Waals surface area contributed by atoms with Crippen LogP contribution in [0.25, 0.3) is 11.1 Å². The Hall–Kier alpha value is -1.60. The quantitative estimate of drug-likeness (QED) is 0.843. The third kappa shape index (κ3) is 3.18. The highest BCUT2D eigenvalue weighted by Gasteiger charge is 2.04. The molecule has 1 nitrogen and oxygen atoms in total. The second kappa shape index (κ2) is 5.65. The van der Waals surface area contributed by atoms with Crippen LogP contribution >= 0.6 is 0 Å². The molecule has 0 amide bonds. The zero-order valence-electron chi connectivity index (χ0n) is 10.1. The molecule has 0 aliphatic carbocycles. The average Bonchev–Trinajstić information content (AvgIpc) is 2.40. The van der Waals surface area contributed by atoms with E-state index in [-0.39, 0.29) is 6.10 Å². The molecule has 1 heteroatoms. The summed E-state index contributed by atoms with van der Waals surface area (Å²) in [6, 6.07) is 18.7. The first kappa shape index (κ1) is 11.9. The predicted octanol–water partition coefficient (Wildman–Crippen LogP) is 3.67. The lowest BCUT2D eigenvalue weighted by Crippen LogP contribution is -2.08. The van der Waals surface area contributed by atoms with Crippen molar-refractivity contribution in [1.82, 2.24) is 0 Å². The summed E-state index contributed by atoms with van der Waals surface area (Å²) in [5.41, 5.74) is 3.63. The smallest absolute Gasteiger partial charge is 0.0577 e. The first-order valence-electron chi connectivity index (χ1n) is 6.12. The minimum atomic E-state index is -0.235. The number of aliphatic hydroxyl groups excluding tert-OH is 1. The Morgan fingerprint density at radius 2 is 1.65 bits per heavy atom. The molecule has 2 rings (SSSR count). The highest BCUT2D eigenvalue weighted by molar-refractivity contribution is 5.63. The van der Waals surface area contributed by atoms with Gasteiger partial charge in [0.05, 0.1) is 6.10 Å². The normalized spacial score (nSPS) is 12.4. The molecule has 2 aromatic carbocycles. The molecule has 0 radical (unpaired) electrons. The number of rotatable bonds is 4. The van der Waals surface area contributed by atoms with Gasteiger partial charge in [-0.3, -0.25) is 0 Å². The van der Waals surface area contributed by atoms with E-state index < -0.39 is 0 Å². The fraction of sp³-hybridized carbons (Fsp3) is 0.250. The van der Waals surface area contributed by atoms with Crippen LogP contribution in [-0.2, 0) is 6.42 Å². The van der Waals surface area contributed by atoms with Crippen LogP contribution in [-0.4, -0.2) is 11.2 Å². The minimum Gasteiger partial charge on any atom is -0.393 e. The van der Waals surface area contributed by atoms with Crippen molar-refractivity contribution in [1.29, 1.82) is 0 Å². The molecule has 0 saturated heterocycles. The molecular formula is C16H18O. The van der Waals surface area contributed by atoms with Gasteiger partial charge in [0.1, 0.15) is 0 Å². The van der Waals surface area contributed by atoms with Gasteiger partial charge in [-0.05, 0) is 29.5 Å². The van der Waals surface area contributed by atoms with Crippen molar-refractivity contribution in [2.45, 2.75) is 25.9 Å². The highest BCUT2D eigenvalue weighted by atomic mass is 16.3. The Morgan fingerprint density at radius 3 is 2.35 bits per heavy atom. The number of hydrogen-bond acceptors (Lipinski definition) is 1. The molecule has 1 unspecified atom stereocenters. The van der Waals surface area contributed by atoms with Crippen molar-refractivity contribution in [3.63, 3.8) is 0 Å². The minimum absolute atomic E-state index is 0.235. The van der Waals surface area contributed by atoms with Crippen LogP contribution in [0.5, 0.6) is 0 Å². The summed E-state index contributed by atoms with van der Waals surface area (Å²) < 4.78 is 0. The van der Waals surface area contributed by atoms with Crippen molar-refractivity contribution in [3.05, 3.63) is 60.2 Å². The van der Waals surface area contributed by atoms with Gasteiger partial charge in [-0.1, -0.05) is 61.5 Å². The molecule has 0 aliphatic rings. The SMILES string of the molecule is CCC(O)Cc1cccc(-c2ccccc2)c1. The third-order valence-corrected chi connectivity index (χ3v) is 2.98. The Labute approximate surface area is 103 Å². The molecule has 0 heterocycles. The predicted molar refractivity (Wildman–Crippen MR) is 71.9 cm³/mol. The number of benzene rings is 2. The fourth-order valence-corrected chi connectivity index (χ4v) is 1.92. The van der Waals surface area contributed by atoms with Crippen LogP contribution in [0, 0.1) is 0 Å². The van der Waals surface area contributed by atoms with Gasteiger partial charge >= 0.3 is 0 Å². The van der Waals surface area contributed by atoms with Gasteiger partial charge in [0.15, 0.2) is 0 Å². The van der Waals surface area contributed by atoms with E-state index in [9.17, 15) is 5.11 Å². The van der Waals surface area contributed by atoms with E-state index in [2.05, 4.69) is 36.4 Å². The van der Waals surface area contributed by atoms with Crippen LogP contribution < -0.4 is 0 Å². The summed E-state index contributed by atoms with van der Waals surface area (Å²) in [4.78, 5) is 0. The van der Waals surface area contributed by atoms with E-state index in [0.717, 1.165) is 12.8 Å². The van der Waals surface area contributed by atoms with Crippen molar-refractivity contribution < 1.29 is 5.11 Å². The summed E-state index contributed by atoms with van der Waals surface area (Å²) in [5, 5.41) is 9.67. The molecule has 0 aromatic heterocycles. The van der Waals surface area contributed by atoms with Crippen LogP contribution in [0.4, 0.5) is 0 Å². The molecule has 1 N–H and O–H groups in total. The maximum absolute atomic E-state index is 9.67. The molecule has 0 saturated carbocycles. The molecule has 88 valence electrons. The molecule has 17 heavy (non-hydrogen) atoms. The second-order valence-electron chi connectivity index (χ2n) is 4.33. The molecule has 0 spiro atoms. The Bertz CT molecular complexity index is 462. The lowest BCUT2D eigenvalue weighted by molar-refractivity contribution is 0.171. The average molecular weight is 226 g/mol. The first-order chi connectivity index (χ1) is 8.29. The Morgan fingerprint density at radius 1 is 0.941 bits per heavy atom. The van der Waals surface area contributed by atoms with Gasteiger partial charge in [0.2, 0.25) is 0 Å². The van der Waals surface area contributed by atoms with Crippen LogP contribution in [0.2, 0.25) is 0 Å². The molecule has 0 aliphatic heterocycles. The Kier molecular flexibility index (Phi) is 3.94. The van der Waals surface area contributed by atoms with E-state index in [1.165, 1.54) is 16.7 Å². The van der Waals surface area contributed by atoms with E-state index >= 15 is 0 Å². The van der Waals surface area contributed by atoms with Crippen LogP contribution in [0.3, 0.4) is 0 Å². The lowest BCUT2D eigenvalue weighted by Gasteiger charge is -2.09. The highest BCUT2D eigenvalue weighted by Crippen LogP contribution is 2.20. The van der Waals surface area contributed by atoms with Gasteiger partial charge in [-0.2, -0.15) is 0 Å². The molecule has 2 aromatic rings. The topological polar surface area (TPSA) is 20.2 Å². The van der Waals surface area contributed by atoms with Gasteiger partial charge in [-0.25, -0.2) is 0 Å². The van der Waals surface area contributed by atoms with Gasteiger partial charge in [-0.15, -0.1) is 0 Å². The van der Waals surface area contributed by atoms with Crippen molar-refractivity contribution in [2.75, 3.05) is 0 Å². The lowest BCUT2D eigenvalue weighted by atomic mass is 10.00. The number of hydrogen-bond donors (Lipinski definition) is 1. The molecule has 0 fully saturated rings. The van der Waals surface area contributed by atoms with E-state index in [1.54, 1.807) is 0 Å². The van der Waals surface area contributed by atoms with E-state index in [0.29, 0.717) is 0 Å². The summed E-state index contributed by atoms with van der Waals surface area (Å²) in [5.74, 6) is 0. The van der Waals surface area contributed by atoms with Gasteiger partial charge in [0, 0.05) is 0 Å². The summed E-state index contributed by atoms with van der Waals surface area (Å²) in [6.07, 6.45) is 1.30. The Balaban J connectivity index is 2.23. The van der Waals surface area contributed by atoms with Gasteiger partial charge < -0.3 is 5.11 Å². The first-order valence-corrected chi connectivity index (χ1v) is 6.12. The summed E-state index contributed by atoms with van der Waals surface area (Å²) >= 11 is 0. The van der Waals surface area contributed by atoms with E-state index in [4.69, 9.17) is 0 Å². The third-order valence-electron chi connectivity index (χ3n) is 2.98. The van der Waals surface area contributed by atoms with E-state index in [1.807, 2.05) is 25.1 Å². The summed E-state index contributed by atoms with van der Waals surface area (Å²) in [6.45, 7) is 2.01. The maximum Gasteiger partial charge on any atom is 0.0577 e. The molecule has 0 bridgehead atoms. The largest absolute Gasteiger partial charge is 0.393 e. The molecule has 1 atom stereocenters. The standard InChI is InChI=1S/C16H18O/c1-2-16(17)12-13-7-6-10-15(11-13)14-8-4-3-5-9-14/h3-11,16-17H,2,12H2,1H3. The second-order valence-corrected chi connectivity index (χ2v) is 4.33. The maximum atomic E-state index is 9.67. The van der Waals surface area contributed by atoms with Crippen LogP contribution in [0.15, 0.2) is 54.6 Å². The fourth-order valence-electron chi connectivity index (χ4n) is 1.92. The zero-order chi connectivity index (χ0) is 12.1. The van der Waals surface area contributed by atoms with Crippen molar-refractivity contribution in [2.24, 2.45) is 0 Å². The molecular weight excluding hydrogens is 208 g/mol. The zero-order valence-corrected chi connectivity index (χ0v) is 10.1. The van der Waals surface area contributed by atoms with Crippen molar-refractivity contribution >= 4 is 0 Å². The van der Waals surface area contributed by atoms with Crippen molar-refractivity contribution in [3.8, 4) is 11.1 Å².